The molecular formula is C13H17N3. The molecule has 16 heavy (non-hydrogen) atoms. The summed E-state index contributed by atoms with van der Waals surface area (Å²) in [6, 6.07) is 10.4. The maximum atomic E-state index is 3.94. The summed E-state index contributed by atoms with van der Waals surface area (Å²) < 4.78 is 0. The number of hydrogen-bond donors (Lipinski definition) is 2. The van der Waals surface area contributed by atoms with Crippen molar-refractivity contribution in [3.63, 3.8) is 0 Å². The van der Waals surface area contributed by atoms with Crippen LogP contribution in [-0.4, -0.2) is 16.7 Å². The van der Waals surface area contributed by atoms with Gasteiger partial charge in [0.15, 0.2) is 0 Å². The molecule has 3 nitrogen and oxygen atoms in total. The SMILES string of the molecule is CCCCNc1ccc(-c2ccn[nH]2)cc1. The average Bonchev–Trinajstić information content (AvgIpc) is 2.84. The van der Waals surface area contributed by atoms with Gasteiger partial charge in [-0.25, -0.2) is 0 Å². The Morgan fingerprint density at radius 1 is 1.19 bits per heavy atom. The summed E-state index contributed by atoms with van der Waals surface area (Å²) in [4.78, 5) is 0. The summed E-state index contributed by atoms with van der Waals surface area (Å²) >= 11 is 0. The van der Waals surface area contributed by atoms with Crippen molar-refractivity contribution in [2.24, 2.45) is 0 Å². The summed E-state index contributed by atoms with van der Waals surface area (Å²) in [5, 5.41) is 10.3. The van der Waals surface area contributed by atoms with E-state index in [1.54, 1.807) is 6.20 Å². The van der Waals surface area contributed by atoms with Crippen molar-refractivity contribution < 1.29 is 0 Å². The maximum Gasteiger partial charge on any atom is 0.0650 e. The Labute approximate surface area is 95.9 Å². The Morgan fingerprint density at radius 2 is 2.00 bits per heavy atom. The normalized spacial score (nSPS) is 10.3. The molecule has 84 valence electrons. The van der Waals surface area contributed by atoms with Gasteiger partial charge in [0.1, 0.15) is 0 Å². The van der Waals surface area contributed by atoms with E-state index in [1.165, 1.54) is 24.1 Å². The zero-order valence-electron chi connectivity index (χ0n) is 9.53. The van der Waals surface area contributed by atoms with Gasteiger partial charge >= 0.3 is 0 Å². The van der Waals surface area contributed by atoms with Crippen molar-refractivity contribution in [1.29, 1.82) is 0 Å². The topological polar surface area (TPSA) is 40.7 Å². The molecule has 2 rings (SSSR count). The minimum atomic E-state index is 1.04. The summed E-state index contributed by atoms with van der Waals surface area (Å²) in [6.07, 6.45) is 4.20. The van der Waals surface area contributed by atoms with Crippen LogP contribution in [0.25, 0.3) is 11.3 Å². The van der Waals surface area contributed by atoms with Crippen molar-refractivity contribution in [2.45, 2.75) is 19.8 Å². The Bertz CT molecular complexity index is 403. The van der Waals surface area contributed by atoms with Crippen LogP contribution < -0.4 is 5.32 Å². The molecule has 2 aromatic rings. The molecule has 0 amide bonds. The van der Waals surface area contributed by atoms with Crippen molar-refractivity contribution >= 4 is 5.69 Å². The van der Waals surface area contributed by atoms with E-state index in [-0.39, 0.29) is 0 Å². The monoisotopic (exact) mass is 215 g/mol. The molecule has 0 saturated heterocycles. The molecule has 0 aliphatic rings. The highest BCUT2D eigenvalue weighted by Gasteiger charge is 1.98. The first-order chi connectivity index (χ1) is 7.90. The molecule has 0 aliphatic heterocycles. The summed E-state index contributed by atoms with van der Waals surface area (Å²) in [5.74, 6) is 0. The second-order valence-electron chi connectivity index (χ2n) is 3.83. The van der Waals surface area contributed by atoms with Gasteiger partial charge in [0.25, 0.3) is 0 Å². The molecule has 1 aromatic carbocycles. The lowest BCUT2D eigenvalue weighted by molar-refractivity contribution is 0.834. The molecule has 1 heterocycles. The zero-order valence-corrected chi connectivity index (χ0v) is 9.53. The predicted molar refractivity (Wildman–Crippen MR) is 67.4 cm³/mol. The predicted octanol–water partition coefficient (Wildman–Crippen LogP) is 3.29. The minimum Gasteiger partial charge on any atom is -0.385 e. The number of unbranched alkanes of at least 4 members (excludes halogenated alkanes) is 1. The third kappa shape index (κ3) is 2.63. The van der Waals surface area contributed by atoms with Crippen molar-refractivity contribution in [3.8, 4) is 11.3 Å². The van der Waals surface area contributed by atoms with Gasteiger partial charge in [-0.15, -0.1) is 0 Å². The Balaban J connectivity index is 2.00. The van der Waals surface area contributed by atoms with Gasteiger partial charge in [0.05, 0.1) is 5.69 Å². The number of rotatable bonds is 5. The highest BCUT2D eigenvalue weighted by Crippen LogP contribution is 2.18. The minimum absolute atomic E-state index is 1.04. The fourth-order valence-electron chi connectivity index (χ4n) is 1.59. The van der Waals surface area contributed by atoms with E-state index in [0.717, 1.165) is 12.2 Å². The molecule has 0 radical (unpaired) electrons. The number of anilines is 1. The second kappa shape index (κ2) is 5.35. The van der Waals surface area contributed by atoms with Crippen molar-refractivity contribution in [2.75, 3.05) is 11.9 Å². The number of aromatic nitrogens is 2. The number of hydrogen-bond acceptors (Lipinski definition) is 2. The molecule has 0 fully saturated rings. The molecule has 0 saturated carbocycles. The number of H-pyrrole nitrogens is 1. The number of nitrogens with zero attached hydrogens (tertiary/aromatic N) is 1. The van der Waals surface area contributed by atoms with E-state index < -0.39 is 0 Å². The molecule has 2 N–H and O–H groups in total. The van der Waals surface area contributed by atoms with Gasteiger partial charge in [-0.2, -0.15) is 5.10 Å². The first-order valence-corrected chi connectivity index (χ1v) is 5.74. The fraction of sp³-hybridized carbons (Fsp3) is 0.308. The van der Waals surface area contributed by atoms with Gasteiger partial charge in [-0.05, 0) is 30.2 Å². The summed E-state index contributed by atoms with van der Waals surface area (Å²) in [5.41, 5.74) is 3.40. The average molecular weight is 215 g/mol. The standard InChI is InChI=1S/C13H17N3/c1-2-3-9-14-12-6-4-11(5-7-12)13-8-10-15-16-13/h4-8,10,14H,2-3,9H2,1H3,(H,15,16). The van der Waals surface area contributed by atoms with Gasteiger partial charge in [0, 0.05) is 18.4 Å². The van der Waals surface area contributed by atoms with Crippen LogP contribution >= 0.6 is 0 Å². The van der Waals surface area contributed by atoms with E-state index in [0.29, 0.717) is 0 Å². The quantitative estimate of drug-likeness (QED) is 0.751. The van der Waals surface area contributed by atoms with Crippen LogP contribution in [0.2, 0.25) is 0 Å². The van der Waals surface area contributed by atoms with Crippen LogP contribution in [0.5, 0.6) is 0 Å². The summed E-state index contributed by atoms with van der Waals surface area (Å²) in [7, 11) is 0. The smallest absolute Gasteiger partial charge is 0.0650 e. The maximum absolute atomic E-state index is 3.94. The van der Waals surface area contributed by atoms with Gasteiger partial charge in [0.2, 0.25) is 0 Å². The first-order valence-electron chi connectivity index (χ1n) is 5.74. The van der Waals surface area contributed by atoms with Crippen LogP contribution in [0.3, 0.4) is 0 Å². The lowest BCUT2D eigenvalue weighted by Crippen LogP contribution is -2.00. The van der Waals surface area contributed by atoms with Crippen LogP contribution in [0.4, 0.5) is 5.69 Å². The third-order valence-corrected chi connectivity index (χ3v) is 2.56. The van der Waals surface area contributed by atoms with E-state index in [9.17, 15) is 0 Å². The van der Waals surface area contributed by atoms with Crippen LogP contribution in [0.15, 0.2) is 36.5 Å². The van der Waals surface area contributed by atoms with Crippen LogP contribution in [-0.2, 0) is 0 Å². The third-order valence-electron chi connectivity index (χ3n) is 2.56. The Hall–Kier alpha value is -1.77. The fourth-order valence-corrected chi connectivity index (χ4v) is 1.59. The van der Waals surface area contributed by atoms with E-state index in [4.69, 9.17) is 0 Å². The highest BCUT2D eigenvalue weighted by atomic mass is 15.1. The Morgan fingerprint density at radius 3 is 2.62 bits per heavy atom. The van der Waals surface area contributed by atoms with Crippen LogP contribution in [0.1, 0.15) is 19.8 Å². The molecule has 0 aliphatic carbocycles. The lowest BCUT2D eigenvalue weighted by Gasteiger charge is -2.05. The molecule has 1 aromatic heterocycles. The number of aromatic amines is 1. The van der Waals surface area contributed by atoms with Gasteiger partial charge in [-0.1, -0.05) is 25.5 Å². The number of nitrogens with one attached hydrogen (secondary N) is 2. The molecule has 0 bridgehead atoms. The largest absolute Gasteiger partial charge is 0.385 e. The molecule has 3 heteroatoms. The Kier molecular flexibility index (Phi) is 3.59. The lowest BCUT2D eigenvalue weighted by atomic mass is 10.1. The van der Waals surface area contributed by atoms with Crippen molar-refractivity contribution in [3.05, 3.63) is 36.5 Å². The second-order valence-corrected chi connectivity index (χ2v) is 3.83. The summed E-state index contributed by atoms with van der Waals surface area (Å²) in [6.45, 7) is 3.24. The van der Waals surface area contributed by atoms with E-state index in [1.807, 2.05) is 6.07 Å². The zero-order chi connectivity index (χ0) is 11.2. The van der Waals surface area contributed by atoms with Gasteiger partial charge < -0.3 is 5.32 Å². The molecule has 0 atom stereocenters. The molecular weight excluding hydrogens is 198 g/mol. The van der Waals surface area contributed by atoms with E-state index >= 15 is 0 Å². The van der Waals surface area contributed by atoms with Crippen LogP contribution in [0, 0.1) is 0 Å². The van der Waals surface area contributed by atoms with Gasteiger partial charge in [-0.3, -0.25) is 5.10 Å². The van der Waals surface area contributed by atoms with E-state index in [2.05, 4.69) is 46.7 Å². The number of benzene rings is 1. The first kappa shape index (κ1) is 10.7. The highest BCUT2D eigenvalue weighted by molar-refractivity contribution is 5.62. The van der Waals surface area contributed by atoms with Crippen molar-refractivity contribution in [1.82, 2.24) is 10.2 Å². The molecule has 0 spiro atoms. The molecule has 0 unspecified atom stereocenters.